The first-order valence-electron chi connectivity index (χ1n) is 5.31. The van der Waals surface area contributed by atoms with E-state index in [1.807, 2.05) is 13.8 Å². The summed E-state index contributed by atoms with van der Waals surface area (Å²) in [6.07, 6.45) is 2.48. The predicted molar refractivity (Wildman–Crippen MR) is 73.0 cm³/mol. The molecule has 94 valence electrons. The van der Waals surface area contributed by atoms with Crippen molar-refractivity contribution < 1.29 is 14.3 Å². The van der Waals surface area contributed by atoms with Crippen LogP contribution in [-0.2, 0) is 4.74 Å². The molecule has 1 heterocycles. The van der Waals surface area contributed by atoms with Crippen LogP contribution in [0.4, 0.5) is 0 Å². The number of halogens is 1. The summed E-state index contributed by atoms with van der Waals surface area (Å²) in [6, 6.07) is 0. The van der Waals surface area contributed by atoms with Crippen LogP contribution in [0.5, 0.6) is 5.06 Å². The summed E-state index contributed by atoms with van der Waals surface area (Å²) in [4.78, 5) is 12.3. The van der Waals surface area contributed by atoms with E-state index in [4.69, 9.17) is 9.47 Å². The molecule has 0 atom stereocenters. The van der Waals surface area contributed by atoms with Crippen LogP contribution in [0.15, 0.2) is 17.1 Å². The van der Waals surface area contributed by atoms with Crippen LogP contribution in [0.3, 0.4) is 0 Å². The lowest BCUT2D eigenvalue weighted by Crippen LogP contribution is -2.04. The molecule has 0 aromatic carbocycles. The number of carbonyl (C=O) groups excluding carboxylic acids is 1. The third-order valence-corrected chi connectivity index (χ3v) is 4.40. The Hall–Kier alpha value is -0.810. The number of ether oxygens (including phenoxy) is 2. The van der Waals surface area contributed by atoms with Crippen LogP contribution in [0.2, 0.25) is 0 Å². The molecular weight excluding hydrogens is 304 g/mol. The van der Waals surface area contributed by atoms with E-state index < -0.39 is 0 Å². The summed E-state index contributed by atoms with van der Waals surface area (Å²) in [7, 11) is 0. The first-order valence-corrected chi connectivity index (χ1v) is 6.92. The Morgan fingerprint density at radius 3 is 2.88 bits per heavy atom. The highest BCUT2D eigenvalue weighted by molar-refractivity contribution is 9.10. The largest absolute Gasteiger partial charge is 0.483 e. The third-order valence-electron chi connectivity index (χ3n) is 2.00. The molecule has 0 radical (unpaired) electrons. The van der Waals surface area contributed by atoms with Crippen molar-refractivity contribution in [2.24, 2.45) is 0 Å². The minimum absolute atomic E-state index is 0.221. The number of esters is 1. The zero-order chi connectivity index (χ0) is 12.8. The molecule has 3 nitrogen and oxygen atoms in total. The van der Waals surface area contributed by atoms with E-state index in [1.165, 1.54) is 11.3 Å². The molecule has 0 aliphatic rings. The van der Waals surface area contributed by atoms with Gasteiger partial charge in [-0.15, -0.1) is 0 Å². The smallest absolute Gasteiger partial charge is 0.349 e. The van der Waals surface area contributed by atoms with Crippen LogP contribution in [0.1, 0.15) is 28.6 Å². The molecular formula is C12H15BrO3S. The van der Waals surface area contributed by atoms with Gasteiger partial charge < -0.3 is 9.47 Å². The molecule has 0 aliphatic carbocycles. The summed E-state index contributed by atoms with van der Waals surface area (Å²) in [5, 5.41) is 0.731. The molecule has 1 rings (SSSR count). The molecule has 1 aromatic rings. The van der Waals surface area contributed by atoms with Crippen molar-refractivity contribution in [2.45, 2.75) is 20.3 Å². The van der Waals surface area contributed by atoms with E-state index >= 15 is 0 Å². The first kappa shape index (κ1) is 14.3. The second-order valence-corrected chi connectivity index (χ2v) is 5.17. The van der Waals surface area contributed by atoms with Crippen molar-refractivity contribution in [3.05, 3.63) is 27.6 Å². The normalized spacial score (nSPS) is 10.1. The van der Waals surface area contributed by atoms with E-state index in [0.29, 0.717) is 11.5 Å². The number of carbonyl (C=O) groups is 1. The number of hydrogen-bond acceptors (Lipinski definition) is 4. The molecule has 0 aliphatic heterocycles. The lowest BCUT2D eigenvalue weighted by Gasteiger charge is -2.00. The van der Waals surface area contributed by atoms with Gasteiger partial charge in [0, 0.05) is 0 Å². The summed E-state index contributed by atoms with van der Waals surface area (Å²) in [5.74, 6) is -0.334. The molecule has 0 saturated heterocycles. The van der Waals surface area contributed by atoms with E-state index in [0.717, 1.165) is 21.5 Å². The van der Waals surface area contributed by atoms with Gasteiger partial charge >= 0.3 is 5.97 Å². The molecule has 0 N–H and O–H groups in total. The average Bonchev–Trinajstić information content (AvgIpc) is 2.61. The van der Waals surface area contributed by atoms with E-state index in [1.54, 1.807) is 6.08 Å². The van der Waals surface area contributed by atoms with Gasteiger partial charge in [0.05, 0.1) is 11.1 Å². The Labute approximate surface area is 114 Å². The fourth-order valence-electron chi connectivity index (χ4n) is 1.15. The molecule has 0 spiro atoms. The van der Waals surface area contributed by atoms with Crippen molar-refractivity contribution in [1.82, 2.24) is 0 Å². The van der Waals surface area contributed by atoms with Crippen molar-refractivity contribution in [3.8, 4) is 5.06 Å². The van der Waals surface area contributed by atoms with Gasteiger partial charge in [-0.1, -0.05) is 30.9 Å². The van der Waals surface area contributed by atoms with Crippen LogP contribution in [-0.4, -0.2) is 19.2 Å². The minimum Gasteiger partial charge on any atom is -0.483 e. The van der Waals surface area contributed by atoms with Gasteiger partial charge in [0.15, 0.2) is 5.06 Å². The molecule has 0 fully saturated rings. The SMILES string of the molecule is C=CCOC(=O)c1sc(OCCC)c(Br)c1C. The Bertz CT molecular complexity index is 412. The molecule has 0 unspecified atom stereocenters. The van der Waals surface area contributed by atoms with Crippen LogP contribution < -0.4 is 4.74 Å². The van der Waals surface area contributed by atoms with Crippen LogP contribution in [0, 0.1) is 6.92 Å². The molecule has 0 amide bonds. The molecule has 1 aromatic heterocycles. The standard InChI is InChI=1S/C12H15BrO3S/c1-4-6-15-11(14)10-8(3)9(13)12(17-10)16-7-5-2/h4H,1,5-7H2,2-3H3. The number of thiophene rings is 1. The number of hydrogen-bond donors (Lipinski definition) is 0. The van der Waals surface area contributed by atoms with E-state index in [2.05, 4.69) is 22.5 Å². The van der Waals surface area contributed by atoms with Gasteiger partial charge in [0.25, 0.3) is 0 Å². The Morgan fingerprint density at radius 2 is 2.29 bits per heavy atom. The zero-order valence-corrected chi connectivity index (χ0v) is 12.3. The highest BCUT2D eigenvalue weighted by atomic mass is 79.9. The maximum atomic E-state index is 11.7. The Morgan fingerprint density at radius 1 is 1.59 bits per heavy atom. The highest BCUT2D eigenvalue weighted by Gasteiger charge is 2.20. The maximum Gasteiger partial charge on any atom is 0.349 e. The molecule has 0 saturated carbocycles. The van der Waals surface area contributed by atoms with Crippen LogP contribution in [0.25, 0.3) is 0 Å². The summed E-state index contributed by atoms with van der Waals surface area (Å²) in [5.41, 5.74) is 0.857. The van der Waals surface area contributed by atoms with Gasteiger partial charge in [-0.3, -0.25) is 0 Å². The fraction of sp³-hybridized carbons (Fsp3) is 0.417. The lowest BCUT2D eigenvalue weighted by atomic mass is 10.3. The van der Waals surface area contributed by atoms with Crippen LogP contribution >= 0.6 is 27.3 Å². The lowest BCUT2D eigenvalue weighted by molar-refractivity contribution is 0.0554. The quantitative estimate of drug-likeness (QED) is 0.588. The van der Waals surface area contributed by atoms with Gasteiger partial charge in [0.2, 0.25) is 0 Å². The Kier molecular flexibility index (Phi) is 5.71. The molecule has 0 bridgehead atoms. The van der Waals surface area contributed by atoms with Crippen molar-refractivity contribution in [3.63, 3.8) is 0 Å². The fourth-order valence-corrected chi connectivity index (χ4v) is 2.80. The molecule has 17 heavy (non-hydrogen) atoms. The second-order valence-electron chi connectivity index (χ2n) is 3.39. The second kappa shape index (κ2) is 6.81. The van der Waals surface area contributed by atoms with Crippen molar-refractivity contribution >= 4 is 33.2 Å². The maximum absolute atomic E-state index is 11.7. The highest BCUT2D eigenvalue weighted by Crippen LogP contribution is 2.39. The van der Waals surface area contributed by atoms with Gasteiger partial charge in [-0.25, -0.2) is 4.79 Å². The summed E-state index contributed by atoms with van der Waals surface area (Å²) in [6.45, 7) is 8.26. The third kappa shape index (κ3) is 3.57. The number of rotatable bonds is 6. The molecule has 5 heteroatoms. The topological polar surface area (TPSA) is 35.5 Å². The van der Waals surface area contributed by atoms with Gasteiger partial charge in [-0.05, 0) is 34.8 Å². The Balaban J connectivity index is 2.85. The first-order chi connectivity index (χ1) is 8.11. The summed E-state index contributed by atoms with van der Waals surface area (Å²) >= 11 is 4.73. The van der Waals surface area contributed by atoms with E-state index in [9.17, 15) is 4.79 Å². The predicted octanol–water partition coefficient (Wildman–Crippen LogP) is 3.95. The average molecular weight is 319 g/mol. The van der Waals surface area contributed by atoms with Crippen molar-refractivity contribution in [1.29, 1.82) is 0 Å². The summed E-state index contributed by atoms with van der Waals surface area (Å²) < 4.78 is 11.4. The van der Waals surface area contributed by atoms with Gasteiger partial charge in [0.1, 0.15) is 11.5 Å². The van der Waals surface area contributed by atoms with Crippen molar-refractivity contribution in [2.75, 3.05) is 13.2 Å². The minimum atomic E-state index is -0.334. The van der Waals surface area contributed by atoms with Gasteiger partial charge in [-0.2, -0.15) is 0 Å². The monoisotopic (exact) mass is 318 g/mol. The van der Waals surface area contributed by atoms with E-state index in [-0.39, 0.29) is 12.6 Å². The zero-order valence-electron chi connectivity index (χ0n) is 9.92.